The van der Waals surface area contributed by atoms with Crippen molar-refractivity contribution >= 4 is 5.69 Å². The summed E-state index contributed by atoms with van der Waals surface area (Å²) in [5.41, 5.74) is 1.29. The molecular formula is C14H23NO. The van der Waals surface area contributed by atoms with Gasteiger partial charge in [0.25, 0.3) is 0 Å². The highest BCUT2D eigenvalue weighted by molar-refractivity contribution is 5.46. The van der Waals surface area contributed by atoms with Crippen LogP contribution in [0.3, 0.4) is 0 Å². The van der Waals surface area contributed by atoms with Gasteiger partial charge in [0.2, 0.25) is 0 Å². The fraction of sp³-hybridized carbons (Fsp3) is 0.571. The van der Waals surface area contributed by atoms with Crippen LogP contribution in [0.2, 0.25) is 0 Å². The number of nitrogens with zero attached hydrogens (tertiary/aromatic N) is 1. The van der Waals surface area contributed by atoms with E-state index in [2.05, 4.69) is 43.0 Å². The molecule has 0 aliphatic carbocycles. The highest BCUT2D eigenvalue weighted by Gasteiger charge is 2.08. The summed E-state index contributed by atoms with van der Waals surface area (Å²) in [6.45, 7) is 5.83. The van der Waals surface area contributed by atoms with Crippen molar-refractivity contribution in [2.45, 2.75) is 39.2 Å². The molecule has 90 valence electrons. The molecule has 0 atom stereocenters. The molecule has 2 nitrogen and oxygen atoms in total. The normalized spacial score (nSPS) is 10.8. The Balaban J connectivity index is 2.49. The standard InChI is InChI=1S/C14H23NO/c1-13(2)15(11-7-4-8-12-16)14-9-5-3-6-10-14/h3,5-6,9-10,13,16H,4,7-8,11-12H2,1-2H3. The summed E-state index contributed by atoms with van der Waals surface area (Å²) in [4.78, 5) is 2.41. The first-order valence-corrected chi connectivity index (χ1v) is 6.18. The van der Waals surface area contributed by atoms with Crippen molar-refractivity contribution < 1.29 is 5.11 Å². The minimum absolute atomic E-state index is 0.313. The van der Waals surface area contributed by atoms with E-state index in [1.165, 1.54) is 5.69 Å². The number of unbranched alkanes of at least 4 members (excludes halogenated alkanes) is 2. The van der Waals surface area contributed by atoms with Crippen LogP contribution in [-0.2, 0) is 0 Å². The summed E-state index contributed by atoms with van der Waals surface area (Å²) in [7, 11) is 0. The smallest absolute Gasteiger partial charge is 0.0431 e. The van der Waals surface area contributed by atoms with Gasteiger partial charge in [0.1, 0.15) is 0 Å². The van der Waals surface area contributed by atoms with Gasteiger partial charge in [0.05, 0.1) is 0 Å². The van der Waals surface area contributed by atoms with Gasteiger partial charge >= 0.3 is 0 Å². The summed E-state index contributed by atoms with van der Waals surface area (Å²) in [5.74, 6) is 0. The largest absolute Gasteiger partial charge is 0.396 e. The number of rotatable bonds is 7. The molecule has 0 unspecified atom stereocenters. The Kier molecular flexibility index (Phi) is 5.94. The van der Waals surface area contributed by atoms with Crippen molar-refractivity contribution in [1.82, 2.24) is 0 Å². The lowest BCUT2D eigenvalue weighted by Gasteiger charge is -2.29. The lowest BCUT2D eigenvalue weighted by atomic mass is 10.2. The zero-order chi connectivity index (χ0) is 11.8. The zero-order valence-corrected chi connectivity index (χ0v) is 10.4. The van der Waals surface area contributed by atoms with E-state index < -0.39 is 0 Å². The Morgan fingerprint density at radius 2 is 1.75 bits per heavy atom. The SMILES string of the molecule is CC(C)N(CCCCCO)c1ccccc1. The highest BCUT2D eigenvalue weighted by Crippen LogP contribution is 2.17. The minimum Gasteiger partial charge on any atom is -0.396 e. The van der Waals surface area contributed by atoms with Crippen molar-refractivity contribution in [3.63, 3.8) is 0 Å². The lowest BCUT2D eigenvalue weighted by molar-refractivity contribution is 0.283. The van der Waals surface area contributed by atoms with Crippen molar-refractivity contribution in [2.75, 3.05) is 18.1 Å². The van der Waals surface area contributed by atoms with Gasteiger partial charge < -0.3 is 10.0 Å². The number of benzene rings is 1. The maximum atomic E-state index is 8.74. The van der Waals surface area contributed by atoms with E-state index in [4.69, 9.17) is 5.11 Å². The summed E-state index contributed by atoms with van der Waals surface area (Å²) in [6, 6.07) is 11.1. The molecule has 0 spiro atoms. The van der Waals surface area contributed by atoms with Gasteiger partial charge in [-0.2, -0.15) is 0 Å². The molecule has 1 rings (SSSR count). The molecule has 0 saturated carbocycles. The fourth-order valence-electron chi connectivity index (χ4n) is 1.88. The van der Waals surface area contributed by atoms with Gasteiger partial charge in [0, 0.05) is 24.9 Å². The molecule has 1 aromatic rings. The van der Waals surface area contributed by atoms with Crippen LogP contribution in [0.5, 0.6) is 0 Å². The number of hydrogen-bond acceptors (Lipinski definition) is 2. The number of aliphatic hydroxyl groups excluding tert-OH is 1. The van der Waals surface area contributed by atoms with Crippen molar-refractivity contribution in [3.8, 4) is 0 Å². The Labute approximate surface area is 98.9 Å². The molecule has 1 aromatic carbocycles. The quantitative estimate of drug-likeness (QED) is 0.715. The third kappa shape index (κ3) is 4.23. The second-order valence-electron chi connectivity index (χ2n) is 4.41. The van der Waals surface area contributed by atoms with Gasteiger partial charge in [-0.15, -0.1) is 0 Å². The van der Waals surface area contributed by atoms with E-state index in [0.29, 0.717) is 12.6 Å². The molecule has 2 heteroatoms. The Morgan fingerprint density at radius 3 is 2.31 bits per heavy atom. The van der Waals surface area contributed by atoms with Crippen molar-refractivity contribution in [2.24, 2.45) is 0 Å². The van der Waals surface area contributed by atoms with Crippen LogP contribution >= 0.6 is 0 Å². The summed E-state index contributed by atoms with van der Waals surface area (Å²) in [5, 5.41) is 8.74. The number of para-hydroxylation sites is 1. The van der Waals surface area contributed by atoms with E-state index in [9.17, 15) is 0 Å². The topological polar surface area (TPSA) is 23.5 Å². The maximum Gasteiger partial charge on any atom is 0.0431 e. The third-order valence-corrected chi connectivity index (χ3v) is 2.77. The van der Waals surface area contributed by atoms with Gasteiger partial charge in [-0.3, -0.25) is 0 Å². The monoisotopic (exact) mass is 221 g/mol. The van der Waals surface area contributed by atoms with E-state index in [0.717, 1.165) is 25.8 Å². The van der Waals surface area contributed by atoms with Crippen LogP contribution in [0.1, 0.15) is 33.1 Å². The van der Waals surface area contributed by atoms with Crippen LogP contribution in [0.25, 0.3) is 0 Å². The fourth-order valence-corrected chi connectivity index (χ4v) is 1.88. The van der Waals surface area contributed by atoms with Gasteiger partial charge in [0.15, 0.2) is 0 Å². The van der Waals surface area contributed by atoms with E-state index in [1.54, 1.807) is 0 Å². The summed E-state index contributed by atoms with van der Waals surface area (Å²) >= 11 is 0. The molecule has 0 aliphatic heterocycles. The lowest BCUT2D eigenvalue weighted by Crippen LogP contribution is -2.31. The second kappa shape index (κ2) is 7.29. The van der Waals surface area contributed by atoms with E-state index in [-0.39, 0.29) is 0 Å². The van der Waals surface area contributed by atoms with Crippen LogP contribution in [-0.4, -0.2) is 24.3 Å². The Hall–Kier alpha value is -1.02. The van der Waals surface area contributed by atoms with Crippen LogP contribution in [0.15, 0.2) is 30.3 Å². The summed E-state index contributed by atoms with van der Waals surface area (Å²) < 4.78 is 0. The first kappa shape index (κ1) is 13.0. The average molecular weight is 221 g/mol. The van der Waals surface area contributed by atoms with Gasteiger partial charge in [-0.1, -0.05) is 18.2 Å². The number of anilines is 1. The minimum atomic E-state index is 0.313. The zero-order valence-electron chi connectivity index (χ0n) is 10.4. The predicted molar refractivity (Wildman–Crippen MR) is 69.9 cm³/mol. The molecule has 0 amide bonds. The highest BCUT2D eigenvalue weighted by atomic mass is 16.2. The Bertz CT molecular complexity index is 271. The van der Waals surface area contributed by atoms with Crippen LogP contribution in [0, 0.1) is 0 Å². The third-order valence-electron chi connectivity index (χ3n) is 2.77. The first-order chi connectivity index (χ1) is 7.75. The molecule has 0 bridgehead atoms. The number of hydrogen-bond donors (Lipinski definition) is 1. The van der Waals surface area contributed by atoms with Gasteiger partial charge in [-0.25, -0.2) is 0 Å². The molecular weight excluding hydrogens is 198 g/mol. The van der Waals surface area contributed by atoms with Crippen LogP contribution in [0.4, 0.5) is 5.69 Å². The van der Waals surface area contributed by atoms with Crippen molar-refractivity contribution in [1.29, 1.82) is 0 Å². The number of aliphatic hydroxyl groups is 1. The molecule has 0 heterocycles. The average Bonchev–Trinajstić information content (AvgIpc) is 2.30. The van der Waals surface area contributed by atoms with E-state index >= 15 is 0 Å². The summed E-state index contributed by atoms with van der Waals surface area (Å²) in [6.07, 6.45) is 3.17. The Morgan fingerprint density at radius 1 is 1.06 bits per heavy atom. The molecule has 0 saturated heterocycles. The molecule has 0 aromatic heterocycles. The molecule has 0 fully saturated rings. The predicted octanol–water partition coefficient (Wildman–Crippen LogP) is 3.06. The maximum absolute atomic E-state index is 8.74. The van der Waals surface area contributed by atoms with Gasteiger partial charge in [-0.05, 0) is 45.2 Å². The second-order valence-corrected chi connectivity index (χ2v) is 4.41. The molecule has 0 aliphatic rings. The van der Waals surface area contributed by atoms with Crippen LogP contribution < -0.4 is 4.90 Å². The van der Waals surface area contributed by atoms with Crippen molar-refractivity contribution in [3.05, 3.63) is 30.3 Å². The van der Waals surface area contributed by atoms with E-state index in [1.807, 2.05) is 6.07 Å². The first-order valence-electron chi connectivity index (χ1n) is 6.18. The molecule has 16 heavy (non-hydrogen) atoms. The molecule has 0 radical (unpaired) electrons. The molecule has 1 N–H and O–H groups in total.